The second-order valence-electron chi connectivity index (χ2n) is 5.19. The quantitative estimate of drug-likeness (QED) is 0.705. The lowest BCUT2D eigenvalue weighted by Crippen LogP contribution is -2.41. The smallest absolute Gasteiger partial charge is 0.230 e. The van der Waals surface area contributed by atoms with Gasteiger partial charge in [-0.05, 0) is 45.7 Å². The number of likely N-dealkylation sites (tertiary alicyclic amines) is 1. The lowest BCUT2D eigenvalue weighted by atomic mass is 9.83. The predicted octanol–water partition coefficient (Wildman–Crippen LogP) is 0.770. The van der Waals surface area contributed by atoms with E-state index in [0.29, 0.717) is 18.4 Å². The van der Waals surface area contributed by atoms with E-state index in [0.717, 1.165) is 25.9 Å². The number of rotatable bonds is 2. The molecule has 90 valence electrons. The zero-order chi connectivity index (χ0) is 11.7. The Morgan fingerprint density at radius 3 is 2.31 bits per heavy atom. The molecule has 16 heavy (non-hydrogen) atoms. The third-order valence-electron chi connectivity index (χ3n) is 3.88. The molecule has 2 saturated heterocycles. The number of carbonyl (C=O) groups excluding carboxylic acids is 2. The fourth-order valence-corrected chi connectivity index (χ4v) is 2.79. The molecule has 4 heteroatoms. The first-order chi connectivity index (χ1) is 7.58. The standard InChI is InChI=1S/C12H20N2O2/c1-8(2)14-5-3-9(4-6-14)10-7-11(15)13-12(10)16/h8-10H,3-7H2,1-2H3,(H,13,15,16). The molecule has 1 unspecified atom stereocenters. The summed E-state index contributed by atoms with van der Waals surface area (Å²) in [5, 5.41) is 2.41. The zero-order valence-corrected chi connectivity index (χ0v) is 10.0. The van der Waals surface area contributed by atoms with Crippen LogP contribution >= 0.6 is 0 Å². The summed E-state index contributed by atoms with van der Waals surface area (Å²) in [6.07, 6.45) is 2.50. The highest BCUT2D eigenvalue weighted by Gasteiger charge is 2.38. The van der Waals surface area contributed by atoms with Crippen LogP contribution in [0.15, 0.2) is 0 Å². The monoisotopic (exact) mass is 224 g/mol. The maximum Gasteiger partial charge on any atom is 0.230 e. The lowest BCUT2D eigenvalue weighted by molar-refractivity contribution is -0.126. The van der Waals surface area contributed by atoms with Gasteiger partial charge < -0.3 is 4.90 Å². The molecule has 0 bridgehead atoms. The van der Waals surface area contributed by atoms with Crippen LogP contribution in [0.2, 0.25) is 0 Å². The number of amides is 2. The second kappa shape index (κ2) is 4.53. The molecule has 0 aromatic heterocycles. The van der Waals surface area contributed by atoms with E-state index in [1.807, 2.05) is 0 Å². The molecule has 0 saturated carbocycles. The molecule has 1 atom stereocenters. The normalized spacial score (nSPS) is 28.8. The summed E-state index contributed by atoms with van der Waals surface area (Å²) in [5.74, 6) is 0.206. The molecule has 0 aromatic carbocycles. The highest BCUT2D eigenvalue weighted by Crippen LogP contribution is 2.30. The van der Waals surface area contributed by atoms with Crippen LogP contribution in [-0.2, 0) is 9.59 Å². The van der Waals surface area contributed by atoms with Crippen LogP contribution in [-0.4, -0.2) is 35.8 Å². The Labute approximate surface area is 96.4 Å². The molecule has 1 N–H and O–H groups in total. The molecule has 2 amide bonds. The summed E-state index contributed by atoms with van der Waals surface area (Å²) in [5.41, 5.74) is 0. The molecule has 0 aliphatic carbocycles. The molecule has 2 fully saturated rings. The van der Waals surface area contributed by atoms with Crippen molar-refractivity contribution in [1.82, 2.24) is 10.2 Å². The first kappa shape index (κ1) is 11.6. The van der Waals surface area contributed by atoms with Crippen molar-refractivity contribution in [2.24, 2.45) is 11.8 Å². The largest absolute Gasteiger partial charge is 0.301 e. The molecule has 2 heterocycles. The molecule has 0 spiro atoms. The average molecular weight is 224 g/mol. The molecule has 2 rings (SSSR count). The molecular formula is C12H20N2O2. The topological polar surface area (TPSA) is 49.4 Å². The number of nitrogens with zero attached hydrogens (tertiary/aromatic N) is 1. The molecule has 2 aliphatic heterocycles. The first-order valence-corrected chi connectivity index (χ1v) is 6.15. The predicted molar refractivity (Wildman–Crippen MR) is 60.7 cm³/mol. The van der Waals surface area contributed by atoms with Gasteiger partial charge in [0.15, 0.2) is 0 Å². The van der Waals surface area contributed by atoms with Crippen LogP contribution in [0.4, 0.5) is 0 Å². The van der Waals surface area contributed by atoms with Gasteiger partial charge in [0.25, 0.3) is 0 Å². The second-order valence-corrected chi connectivity index (χ2v) is 5.19. The Hall–Kier alpha value is -0.900. The fourth-order valence-electron chi connectivity index (χ4n) is 2.79. The Morgan fingerprint density at radius 2 is 1.88 bits per heavy atom. The van der Waals surface area contributed by atoms with Crippen molar-refractivity contribution in [3.8, 4) is 0 Å². The number of nitrogens with one attached hydrogen (secondary N) is 1. The van der Waals surface area contributed by atoms with E-state index in [-0.39, 0.29) is 17.7 Å². The van der Waals surface area contributed by atoms with Gasteiger partial charge in [-0.3, -0.25) is 14.9 Å². The lowest BCUT2D eigenvalue weighted by Gasteiger charge is -2.36. The van der Waals surface area contributed by atoms with Crippen molar-refractivity contribution >= 4 is 11.8 Å². The maximum absolute atomic E-state index is 11.6. The molecule has 4 nitrogen and oxygen atoms in total. The minimum absolute atomic E-state index is 0.0482. The van der Waals surface area contributed by atoms with Gasteiger partial charge in [-0.2, -0.15) is 0 Å². The van der Waals surface area contributed by atoms with E-state index in [4.69, 9.17) is 0 Å². The van der Waals surface area contributed by atoms with E-state index < -0.39 is 0 Å². The van der Waals surface area contributed by atoms with Crippen LogP contribution in [0.3, 0.4) is 0 Å². The SMILES string of the molecule is CC(C)N1CCC(C2CC(=O)NC2=O)CC1. The van der Waals surface area contributed by atoms with Crippen molar-refractivity contribution < 1.29 is 9.59 Å². The van der Waals surface area contributed by atoms with Crippen molar-refractivity contribution in [2.45, 2.75) is 39.2 Å². The van der Waals surface area contributed by atoms with E-state index >= 15 is 0 Å². The summed E-state index contributed by atoms with van der Waals surface area (Å²) in [4.78, 5) is 25.1. The van der Waals surface area contributed by atoms with Crippen molar-refractivity contribution in [2.75, 3.05) is 13.1 Å². The van der Waals surface area contributed by atoms with Crippen molar-refractivity contribution in [3.05, 3.63) is 0 Å². The van der Waals surface area contributed by atoms with Crippen LogP contribution in [0.25, 0.3) is 0 Å². The summed E-state index contributed by atoms with van der Waals surface area (Å²) in [6, 6.07) is 0.583. The number of piperidine rings is 1. The highest BCUT2D eigenvalue weighted by molar-refractivity contribution is 6.03. The number of hydrogen-bond acceptors (Lipinski definition) is 3. The minimum Gasteiger partial charge on any atom is -0.301 e. The Balaban J connectivity index is 1.89. The third kappa shape index (κ3) is 2.26. The summed E-state index contributed by atoms with van der Waals surface area (Å²) < 4.78 is 0. The molecule has 0 radical (unpaired) electrons. The molecular weight excluding hydrogens is 204 g/mol. The van der Waals surface area contributed by atoms with Crippen LogP contribution in [0.5, 0.6) is 0 Å². The Bertz CT molecular complexity index is 293. The molecule has 2 aliphatic rings. The van der Waals surface area contributed by atoms with Gasteiger partial charge in [-0.15, -0.1) is 0 Å². The Morgan fingerprint density at radius 1 is 1.25 bits per heavy atom. The van der Waals surface area contributed by atoms with Crippen molar-refractivity contribution in [3.63, 3.8) is 0 Å². The van der Waals surface area contributed by atoms with Crippen LogP contribution in [0, 0.1) is 11.8 Å². The number of carbonyl (C=O) groups is 2. The minimum atomic E-state index is -0.0960. The first-order valence-electron chi connectivity index (χ1n) is 6.15. The van der Waals surface area contributed by atoms with Crippen LogP contribution in [0.1, 0.15) is 33.1 Å². The van der Waals surface area contributed by atoms with Gasteiger partial charge in [-0.25, -0.2) is 0 Å². The van der Waals surface area contributed by atoms with Gasteiger partial charge in [-0.1, -0.05) is 0 Å². The van der Waals surface area contributed by atoms with E-state index in [1.165, 1.54) is 0 Å². The van der Waals surface area contributed by atoms with E-state index in [9.17, 15) is 9.59 Å². The average Bonchev–Trinajstić information content (AvgIpc) is 2.58. The van der Waals surface area contributed by atoms with Gasteiger partial charge in [0.2, 0.25) is 11.8 Å². The Kier molecular flexibility index (Phi) is 3.28. The summed E-state index contributed by atoms with van der Waals surface area (Å²) in [7, 11) is 0. The molecule has 0 aromatic rings. The van der Waals surface area contributed by atoms with Gasteiger partial charge >= 0.3 is 0 Å². The van der Waals surface area contributed by atoms with E-state index in [2.05, 4.69) is 24.1 Å². The highest BCUT2D eigenvalue weighted by atomic mass is 16.2. The maximum atomic E-state index is 11.6. The van der Waals surface area contributed by atoms with Crippen molar-refractivity contribution in [1.29, 1.82) is 0 Å². The van der Waals surface area contributed by atoms with Gasteiger partial charge in [0.1, 0.15) is 0 Å². The summed E-state index contributed by atoms with van der Waals surface area (Å²) >= 11 is 0. The number of imide groups is 1. The fraction of sp³-hybridized carbons (Fsp3) is 0.833. The summed E-state index contributed by atoms with van der Waals surface area (Å²) in [6.45, 7) is 6.51. The van der Waals surface area contributed by atoms with E-state index in [1.54, 1.807) is 0 Å². The van der Waals surface area contributed by atoms with Gasteiger partial charge in [0.05, 0.1) is 5.92 Å². The third-order valence-corrected chi connectivity index (χ3v) is 3.88. The zero-order valence-electron chi connectivity index (χ0n) is 10.0. The number of hydrogen-bond donors (Lipinski definition) is 1. The van der Waals surface area contributed by atoms with Crippen LogP contribution < -0.4 is 5.32 Å². The van der Waals surface area contributed by atoms with Gasteiger partial charge in [0, 0.05) is 12.5 Å².